The first-order valence-electron chi connectivity index (χ1n) is 13.1. The number of fused-ring (bicyclic) bond motifs is 3. The molecular formula is C34H24ClN3O2. The molecule has 40 heavy (non-hydrogen) atoms. The third-order valence-electron chi connectivity index (χ3n) is 7.80. The van der Waals surface area contributed by atoms with Crippen LogP contribution in [0.4, 0.5) is 0 Å². The lowest BCUT2D eigenvalue weighted by atomic mass is 10.0. The van der Waals surface area contributed by atoms with Crippen molar-refractivity contribution in [1.82, 2.24) is 14.1 Å². The molecule has 0 radical (unpaired) electrons. The van der Waals surface area contributed by atoms with Crippen molar-refractivity contribution in [3.8, 4) is 17.1 Å². The van der Waals surface area contributed by atoms with Crippen molar-refractivity contribution in [1.29, 1.82) is 0 Å². The topological polar surface area (TPSA) is 56.9 Å². The van der Waals surface area contributed by atoms with Crippen molar-refractivity contribution < 1.29 is 9.59 Å². The Labute approximate surface area is 236 Å². The highest BCUT2D eigenvalue weighted by atomic mass is 35.5. The number of aromatic nitrogens is 3. The second-order valence-corrected chi connectivity index (χ2v) is 10.8. The molecule has 6 aromatic rings. The van der Waals surface area contributed by atoms with E-state index in [-0.39, 0.29) is 17.1 Å². The molecular weight excluding hydrogens is 518 g/mol. The number of ketones is 2. The predicted octanol–water partition coefficient (Wildman–Crippen LogP) is 7.92. The van der Waals surface area contributed by atoms with E-state index in [4.69, 9.17) is 16.6 Å². The predicted molar refractivity (Wildman–Crippen MR) is 161 cm³/mol. The summed E-state index contributed by atoms with van der Waals surface area (Å²) in [5.74, 6) is 0.297. The van der Waals surface area contributed by atoms with Gasteiger partial charge in [-0.05, 0) is 84.3 Å². The fraction of sp³-hybridized carbons (Fsp3) is 0.0882. The Kier molecular flexibility index (Phi) is 5.41. The Morgan fingerprint density at radius 1 is 0.775 bits per heavy atom. The number of rotatable bonds is 3. The number of benzene rings is 4. The lowest BCUT2D eigenvalue weighted by Crippen LogP contribution is -2.05. The standard InChI is InChI=1S/C34H24ClN3O2/c1-19-7-6-8-20(2)30(19)38-25(18-29-34(38)36-33(37(29)3)21-11-13-24(35)14-12-21)17-28-31(39)26-15-22-9-4-5-10-23(22)16-27(26)32(28)40/h4-18H,1-3H3. The zero-order chi connectivity index (χ0) is 27.7. The Morgan fingerprint density at radius 3 is 1.98 bits per heavy atom. The molecule has 0 amide bonds. The van der Waals surface area contributed by atoms with E-state index in [9.17, 15) is 9.59 Å². The Balaban J connectivity index is 1.46. The molecule has 1 aliphatic rings. The molecule has 0 N–H and O–H groups in total. The van der Waals surface area contributed by atoms with Gasteiger partial charge in [-0.3, -0.25) is 14.2 Å². The number of aryl methyl sites for hydroxylation is 3. The van der Waals surface area contributed by atoms with Gasteiger partial charge in [0.25, 0.3) is 0 Å². The van der Waals surface area contributed by atoms with Gasteiger partial charge in [-0.2, -0.15) is 0 Å². The molecule has 0 fully saturated rings. The molecule has 0 saturated carbocycles. The van der Waals surface area contributed by atoms with Crippen LogP contribution in [0.3, 0.4) is 0 Å². The minimum absolute atomic E-state index is 0.165. The van der Waals surface area contributed by atoms with Crippen molar-refractivity contribution in [2.75, 3.05) is 0 Å². The highest BCUT2D eigenvalue weighted by Gasteiger charge is 2.34. The number of allylic oxidation sites excluding steroid dienone is 1. The lowest BCUT2D eigenvalue weighted by Gasteiger charge is -2.14. The molecule has 2 heterocycles. The first-order chi connectivity index (χ1) is 19.3. The third-order valence-corrected chi connectivity index (χ3v) is 8.05. The molecule has 0 spiro atoms. The smallest absolute Gasteiger partial charge is 0.197 e. The summed E-state index contributed by atoms with van der Waals surface area (Å²) in [7, 11) is 1.97. The van der Waals surface area contributed by atoms with E-state index in [0.29, 0.717) is 16.1 Å². The average Bonchev–Trinajstić information content (AvgIpc) is 3.53. The molecule has 6 heteroatoms. The van der Waals surface area contributed by atoms with Gasteiger partial charge < -0.3 is 4.57 Å². The van der Waals surface area contributed by atoms with Crippen molar-refractivity contribution in [2.45, 2.75) is 13.8 Å². The van der Waals surface area contributed by atoms with E-state index in [1.54, 1.807) is 6.08 Å². The van der Waals surface area contributed by atoms with Gasteiger partial charge in [-0.1, -0.05) is 54.1 Å². The van der Waals surface area contributed by atoms with E-state index >= 15 is 0 Å². The zero-order valence-electron chi connectivity index (χ0n) is 22.2. The van der Waals surface area contributed by atoms with Crippen LogP contribution in [-0.2, 0) is 7.05 Å². The summed E-state index contributed by atoms with van der Waals surface area (Å²) in [4.78, 5) is 32.3. The largest absolute Gasteiger partial charge is 0.326 e. The maximum Gasteiger partial charge on any atom is 0.197 e. The number of Topliss-reactive ketones (excluding diaryl/α,β-unsaturated/α-hetero) is 2. The zero-order valence-corrected chi connectivity index (χ0v) is 23.0. The normalized spacial score (nSPS) is 13.1. The first-order valence-corrected chi connectivity index (χ1v) is 13.4. The van der Waals surface area contributed by atoms with Gasteiger partial charge >= 0.3 is 0 Å². The van der Waals surface area contributed by atoms with Crippen LogP contribution in [0.2, 0.25) is 5.02 Å². The van der Waals surface area contributed by atoms with Gasteiger partial charge in [-0.25, -0.2) is 4.98 Å². The summed E-state index contributed by atoms with van der Waals surface area (Å²) in [6.07, 6.45) is 1.73. The highest BCUT2D eigenvalue weighted by Crippen LogP contribution is 2.36. The molecule has 0 unspecified atom stereocenters. The molecule has 0 bridgehead atoms. The summed E-state index contributed by atoms with van der Waals surface area (Å²) in [6, 6.07) is 27.2. The minimum atomic E-state index is -0.251. The number of nitrogens with zero attached hydrogens (tertiary/aromatic N) is 3. The van der Waals surface area contributed by atoms with Crippen LogP contribution in [0.25, 0.3) is 45.1 Å². The van der Waals surface area contributed by atoms with Gasteiger partial charge in [0.1, 0.15) is 5.82 Å². The molecule has 1 aliphatic carbocycles. The van der Waals surface area contributed by atoms with E-state index in [1.807, 2.05) is 84.4 Å². The molecule has 194 valence electrons. The van der Waals surface area contributed by atoms with Crippen LogP contribution in [0, 0.1) is 13.8 Å². The van der Waals surface area contributed by atoms with Gasteiger partial charge in [0.15, 0.2) is 17.2 Å². The van der Waals surface area contributed by atoms with Crippen LogP contribution in [0.5, 0.6) is 0 Å². The number of carbonyl (C=O) groups excluding carboxylic acids is 2. The highest BCUT2D eigenvalue weighted by molar-refractivity contribution is 6.42. The fourth-order valence-corrected chi connectivity index (χ4v) is 5.92. The fourth-order valence-electron chi connectivity index (χ4n) is 5.79. The van der Waals surface area contributed by atoms with Crippen molar-refractivity contribution in [3.63, 3.8) is 0 Å². The van der Waals surface area contributed by atoms with Crippen LogP contribution in [0.1, 0.15) is 37.5 Å². The first kappa shape index (κ1) is 24.3. The second kappa shape index (κ2) is 8.90. The van der Waals surface area contributed by atoms with Crippen LogP contribution in [-0.4, -0.2) is 25.7 Å². The number of hydrogen-bond acceptors (Lipinski definition) is 3. The summed E-state index contributed by atoms with van der Waals surface area (Å²) in [6.45, 7) is 4.11. The lowest BCUT2D eigenvalue weighted by molar-refractivity contribution is 0.0990. The van der Waals surface area contributed by atoms with E-state index in [0.717, 1.165) is 55.8 Å². The maximum atomic E-state index is 13.6. The summed E-state index contributed by atoms with van der Waals surface area (Å²) in [5.41, 5.74) is 7.48. The molecule has 5 nitrogen and oxygen atoms in total. The van der Waals surface area contributed by atoms with Crippen LogP contribution < -0.4 is 0 Å². The quantitative estimate of drug-likeness (QED) is 0.169. The summed E-state index contributed by atoms with van der Waals surface area (Å²) in [5, 5.41) is 2.54. The van der Waals surface area contributed by atoms with Gasteiger partial charge in [0.05, 0.1) is 22.5 Å². The van der Waals surface area contributed by atoms with Crippen molar-refractivity contribution >= 4 is 51.2 Å². The van der Waals surface area contributed by atoms with Gasteiger partial charge in [0, 0.05) is 28.8 Å². The maximum absolute atomic E-state index is 13.6. The van der Waals surface area contributed by atoms with Crippen molar-refractivity contribution in [3.05, 3.63) is 123 Å². The SMILES string of the molecule is Cc1cccc(C)c1-n1c(C=C2C(=O)c3cc4ccccc4cc3C2=O)cc2c1nc(-c1ccc(Cl)cc1)n2C. The number of hydrogen-bond donors (Lipinski definition) is 0. The minimum Gasteiger partial charge on any atom is -0.326 e. The third kappa shape index (κ3) is 3.59. The summed E-state index contributed by atoms with van der Waals surface area (Å²) < 4.78 is 4.09. The Hall–Kier alpha value is -4.74. The molecule has 2 aromatic heterocycles. The summed E-state index contributed by atoms with van der Waals surface area (Å²) >= 11 is 6.13. The number of imidazole rings is 1. The average molecular weight is 542 g/mol. The second-order valence-electron chi connectivity index (χ2n) is 10.3. The van der Waals surface area contributed by atoms with E-state index in [2.05, 4.69) is 30.5 Å². The molecule has 4 aromatic carbocycles. The number of halogens is 1. The number of carbonyl (C=O) groups is 2. The molecule has 7 rings (SSSR count). The monoisotopic (exact) mass is 541 g/mol. The molecule has 0 atom stereocenters. The van der Waals surface area contributed by atoms with E-state index < -0.39 is 0 Å². The van der Waals surface area contributed by atoms with Gasteiger partial charge in [0.2, 0.25) is 0 Å². The molecule has 0 saturated heterocycles. The molecule has 0 aliphatic heterocycles. The van der Waals surface area contributed by atoms with Crippen LogP contribution >= 0.6 is 11.6 Å². The van der Waals surface area contributed by atoms with Crippen LogP contribution in [0.15, 0.2) is 90.5 Å². The van der Waals surface area contributed by atoms with Gasteiger partial charge in [-0.15, -0.1) is 0 Å². The Morgan fingerprint density at radius 2 is 1.38 bits per heavy atom. The Bertz CT molecular complexity index is 2000. The van der Waals surface area contributed by atoms with E-state index in [1.165, 1.54) is 0 Å². The van der Waals surface area contributed by atoms with Crippen molar-refractivity contribution in [2.24, 2.45) is 7.05 Å². The number of para-hydroxylation sites is 1.